The molecule has 132 valence electrons. The van der Waals surface area contributed by atoms with Gasteiger partial charge < -0.3 is 14.4 Å². The quantitative estimate of drug-likeness (QED) is 0.807. The van der Waals surface area contributed by atoms with E-state index in [1.165, 1.54) is 0 Å². The molecule has 1 unspecified atom stereocenters. The van der Waals surface area contributed by atoms with E-state index >= 15 is 0 Å². The number of aromatic nitrogens is 2. The van der Waals surface area contributed by atoms with Crippen LogP contribution in [0.1, 0.15) is 24.2 Å². The van der Waals surface area contributed by atoms with Crippen molar-refractivity contribution in [2.24, 2.45) is 0 Å². The number of methoxy groups -OCH3 is 1. The van der Waals surface area contributed by atoms with Crippen molar-refractivity contribution in [3.8, 4) is 11.6 Å². The highest BCUT2D eigenvalue weighted by molar-refractivity contribution is 5.76. The molecule has 2 aromatic rings. The van der Waals surface area contributed by atoms with Gasteiger partial charge >= 0.3 is 0 Å². The zero-order valence-corrected chi connectivity index (χ0v) is 14.6. The van der Waals surface area contributed by atoms with E-state index in [4.69, 9.17) is 9.47 Å². The Hall–Kier alpha value is -2.63. The van der Waals surface area contributed by atoms with E-state index in [0.29, 0.717) is 24.7 Å². The Morgan fingerprint density at radius 3 is 2.80 bits per heavy atom. The molecule has 6 heteroatoms. The summed E-state index contributed by atoms with van der Waals surface area (Å²) in [7, 11) is 1.65. The minimum absolute atomic E-state index is 0.000707. The molecule has 1 atom stereocenters. The first kappa shape index (κ1) is 17.2. The molecule has 1 aromatic heterocycles. The average Bonchev–Trinajstić information content (AvgIpc) is 3.08. The zero-order valence-electron chi connectivity index (χ0n) is 14.6. The van der Waals surface area contributed by atoms with Crippen LogP contribution < -0.4 is 9.47 Å². The van der Waals surface area contributed by atoms with Gasteiger partial charge in [-0.1, -0.05) is 12.1 Å². The lowest BCUT2D eigenvalue weighted by molar-refractivity contribution is -0.130. The van der Waals surface area contributed by atoms with Crippen molar-refractivity contribution in [2.45, 2.75) is 32.3 Å². The second kappa shape index (κ2) is 7.96. The van der Waals surface area contributed by atoms with Crippen molar-refractivity contribution in [1.29, 1.82) is 0 Å². The highest BCUT2D eigenvalue weighted by Gasteiger charge is 2.27. The van der Waals surface area contributed by atoms with Crippen molar-refractivity contribution in [2.75, 3.05) is 20.2 Å². The molecule has 2 heterocycles. The van der Waals surface area contributed by atoms with E-state index in [-0.39, 0.29) is 12.0 Å². The Kier molecular flexibility index (Phi) is 5.48. The Morgan fingerprint density at radius 2 is 2.08 bits per heavy atom. The molecule has 1 aliphatic rings. The summed E-state index contributed by atoms with van der Waals surface area (Å²) >= 11 is 0. The maximum Gasteiger partial charge on any atom is 0.223 e. The normalized spacial score (nSPS) is 16.7. The molecule has 1 aromatic carbocycles. The smallest absolute Gasteiger partial charge is 0.223 e. The van der Waals surface area contributed by atoms with Crippen LogP contribution in [-0.4, -0.2) is 47.1 Å². The SMILES string of the molecule is COc1ccc(CCC(=O)N2CCC(Oc3ccnc(C)n3)C2)cc1. The second-order valence-electron chi connectivity index (χ2n) is 6.16. The third-order valence-electron chi connectivity index (χ3n) is 4.32. The van der Waals surface area contributed by atoms with Gasteiger partial charge in [0.05, 0.1) is 13.7 Å². The third kappa shape index (κ3) is 4.68. The lowest BCUT2D eigenvalue weighted by Gasteiger charge is -2.17. The molecule has 1 fully saturated rings. The molecule has 0 radical (unpaired) electrons. The van der Waals surface area contributed by atoms with Gasteiger partial charge in [0.1, 0.15) is 17.7 Å². The van der Waals surface area contributed by atoms with Crippen LogP contribution in [0.2, 0.25) is 0 Å². The summed E-state index contributed by atoms with van der Waals surface area (Å²) < 4.78 is 11.0. The summed E-state index contributed by atoms with van der Waals surface area (Å²) in [6.07, 6.45) is 3.75. The van der Waals surface area contributed by atoms with Gasteiger partial charge in [0.25, 0.3) is 0 Å². The summed E-state index contributed by atoms with van der Waals surface area (Å²) in [5, 5.41) is 0. The Morgan fingerprint density at radius 1 is 1.28 bits per heavy atom. The zero-order chi connectivity index (χ0) is 17.6. The molecule has 3 rings (SSSR count). The van der Waals surface area contributed by atoms with Crippen LogP contribution >= 0.6 is 0 Å². The number of nitrogens with zero attached hydrogens (tertiary/aromatic N) is 3. The van der Waals surface area contributed by atoms with Gasteiger partial charge in [-0.25, -0.2) is 4.98 Å². The fourth-order valence-corrected chi connectivity index (χ4v) is 2.92. The number of aryl methyl sites for hydroxylation is 2. The predicted octanol–water partition coefficient (Wildman–Crippen LogP) is 2.41. The van der Waals surface area contributed by atoms with Crippen molar-refractivity contribution >= 4 is 5.91 Å². The number of carbonyl (C=O) groups excluding carboxylic acids is 1. The van der Waals surface area contributed by atoms with E-state index in [1.807, 2.05) is 36.1 Å². The first-order chi connectivity index (χ1) is 12.1. The largest absolute Gasteiger partial charge is 0.497 e. The molecule has 1 aliphatic heterocycles. The van der Waals surface area contributed by atoms with Crippen LogP contribution in [0.15, 0.2) is 36.5 Å². The minimum Gasteiger partial charge on any atom is -0.497 e. The Labute approximate surface area is 147 Å². The summed E-state index contributed by atoms with van der Waals surface area (Å²) in [6.45, 7) is 3.18. The maximum absolute atomic E-state index is 12.4. The van der Waals surface area contributed by atoms with Gasteiger partial charge in [0.15, 0.2) is 0 Å². The van der Waals surface area contributed by atoms with Crippen LogP contribution in [0.4, 0.5) is 0 Å². The van der Waals surface area contributed by atoms with Crippen molar-refractivity contribution < 1.29 is 14.3 Å². The van der Waals surface area contributed by atoms with Crippen LogP contribution in [0.5, 0.6) is 11.6 Å². The monoisotopic (exact) mass is 341 g/mol. The van der Waals surface area contributed by atoms with Crippen LogP contribution in [0, 0.1) is 6.92 Å². The minimum atomic E-state index is -0.000707. The lowest BCUT2D eigenvalue weighted by atomic mass is 10.1. The number of hydrogen-bond donors (Lipinski definition) is 0. The molecule has 1 saturated heterocycles. The van der Waals surface area contributed by atoms with E-state index in [2.05, 4.69) is 9.97 Å². The molecule has 0 spiro atoms. The van der Waals surface area contributed by atoms with Crippen LogP contribution in [0.25, 0.3) is 0 Å². The summed E-state index contributed by atoms with van der Waals surface area (Å²) in [5.41, 5.74) is 1.14. The van der Waals surface area contributed by atoms with E-state index in [1.54, 1.807) is 19.4 Å². The van der Waals surface area contributed by atoms with Gasteiger partial charge in [0.2, 0.25) is 11.8 Å². The highest BCUT2D eigenvalue weighted by Crippen LogP contribution is 2.18. The van der Waals surface area contributed by atoms with Gasteiger partial charge in [0, 0.05) is 31.6 Å². The number of benzene rings is 1. The van der Waals surface area contributed by atoms with Crippen molar-refractivity contribution in [3.05, 3.63) is 47.9 Å². The lowest BCUT2D eigenvalue weighted by Crippen LogP contribution is -2.31. The molecule has 25 heavy (non-hydrogen) atoms. The second-order valence-corrected chi connectivity index (χ2v) is 6.16. The van der Waals surface area contributed by atoms with Crippen molar-refractivity contribution in [1.82, 2.24) is 14.9 Å². The number of carbonyl (C=O) groups is 1. The van der Waals surface area contributed by atoms with E-state index < -0.39 is 0 Å². The highest BCUT2D eigenvalue weighted by atomic mass is 16.5. The summed E-state index contributed by atoms with van der Waals surface area (Å²) in [5.74, 6) is 2.25. The first-order valence-electron chi connectivity index (χ1n) is 8.51. The van der Waals surface area contributed by atoms with Gasteiger partial charge in [-0.3, -0.25) is 4.79 Å². The number of ether oxygens (including phenoxy) is 2. The molecule has 0 saturated carbocycles. The topological polar surface area (TPSA) is 64.5 Å². The Balaban J connectivity index is 1.47. The third-order valence-corrected chi connectivity index (χ3v) is 4.32. The number of hydrogen-bond acceptors (Lipinski definition) is 5. The maximum atomic E-state index is 12.4. The number of likely N-dealkylation sites (tertiary alicyclic amines) is 1. The predicted molar refractivity (Wildman–Crippen MR) is 93.7 cm³/mol. The molecular formula is C19H23N3O3. The summed E-state index contributed by atoms with van der Waals surface area (Å²) in [4.78, 5) is 22.6. The van der Waals surface area contributed by atoms with E-state index in [9.17, 15) is 4.79 Å². The van der Waals surface area contributed by atoms with Crippen LogP contribution in [0.3, 0.4) is 0 Å². The molecule has 0 aliphatic carbocycles. The van der Waals surface area contributed by atoms with Gasteiger partial charge in [-0.15, -0.1) is 0 Å². The van der Waals surface area contributed by atoms with Crippen LogP contribution in [-0.2, 0) is 11.2 Å². The molecule has 0 bridgehead atoms. The molecule has 0 N–H and O–H groups in total. The number of rotatable bonds is 6. The number of amides is 1. The molecular weight excluding hydrogens is 318 g/mol. The van der Waals surface area contributed by atoms with E-state index in [0.717, 1.165) is 30.7 Å². The van der Waals surface area contributed by atoms with Crippen molar-refractivity contribution in [3.63, 3.8) is 0 Å². The molecule has 6 nitrogen and oxygen atoms in total. The standard InChI is InChI=1S/C19H23N3O3/c1-14-20-11-9-18(21-14)25-17-10-12-22(13-17)19(23)8-5-15-3-6-16(24-2)7-4-15/h3-4,6-7,9,11,17H,5,8,10,12-13H2,1-2H3. The average molecular weight is 341 g/mol. The summed E-state index contributed by atoms with van der Waals surface area (Å²) in [6, 6.07) is 9.59. The van der Waals surface area contributed by atoms with Gasteiger partial charge in [-0.05, 0) is 31.0 Å². The van der Waals surface area contributed by atoms with Gasteiger partial charge in [-0.2, -0.15) is 4.98 Å². The Bertz CT molecular complexity index is 718. The fourth-order valence-electron chi connectivity index (χ4n) is 2.92. The fraction of sp³-hybridized carbons (Fsp3) is 0.421. The first-order valence-corrected chi connectivity index (χ1v) is 8.51. The molecule has 1 amide bonds.